The molecule has 0 aliphatic heterocycles. The SMILES string of the molecule is Cc1cccc(O)c1-n1cc(C(=O)c2ccc(C(C)C)cc2)nn1. The van der Waals surface area contributed by atoms with Crippen LogP contribution in [0.2, 0.25) is 0 Å². The van der Waals surface area contributed by atoms with Crippen LogP contribution in [0.5, 0.6) is 5.75 Å². The monoisotopic (exact) mass is 321 g/mol. The van der Waals surface area contributed by atoms with Crippen LogP contribution in [0.25, 0.3) is 5.69 Å². The number of phenols is 1. The Bertz CT molecular complexity index is 860. The average molecular weight is 321 g/mol. The van der Waals surface area contributed by atoms with E-state index in [4.69, 9.17) is 0 Å². The van der Waals surface area contributed by atoms with Gasteiger partial charge in [0.15, 0.2) is 5.69 Å². The Morgan fingerprint density at radius 3 is 2.46 bits per heavy atom. The van der Waals surface area contributed by atoms with E-state index in [-0.39, 0.29) is 17.2 Å². The van der Waals surface area contributed by atoms with Crippen molar-refractivity contribution in [2.75, 3.05) is 0 Å². The van der Waals surface area contributed by atoms with Crippen molar-refractivity contribution in [2.24, 2.45) is 0 Å². The van der Waals surface area contributed by atoms with Crippen molar-refractivity contribution >= 4 is 5.78 Å². The lowest BCUT2D eigenvalue weighted by Gasteiger charge is -2.06. The zero-order valence-electron chi connectivity index (χ0n) is 13.9. The number of aromatic hydroxyl groups is 1. The third kappa shape index (κ3) is 2.93. The number of ketones is 1. The molecule has 1 heterocycles. The third-order valence-corrected chi connectivity index (χ3v) is 4.01. The summed E-state index contributed by atoms with van der Waals surface area (Å²) in [6, 6.07) is 12.7. The number of benzene rings is 2. The van der Waals surface area contributed by atoms with E-state index in [0.717, 1.165) is 5.56 Å². The lowest BCUT2D eigenvalue weighted by Crippen LogP contribution is -2.02. The summed E-state index contributed by atoms with van der Waals surface area (Å²) in [4.78, 5) is 12.6. The molecule has 0 bridgehead atoms. The summed E-state index contributed by atoms with van der Waals surface area (Å²) in [7, 11) is 0. The van der Waals surface area contributed by atoms with Crippen LogP contribution in [0.3, 0.4) is 0 Å². The first-order valence-electron chi connectivity index (χ1n) is 7.83. The maximum Gasteiger partial charge on any atom is 0.214 e. The fourth-order valence-electron chi connectivity index (χ4n) is 2.59. The lowest BCUT2D eigenvalue weighted by atomic mass is 10.00. The zero-order chi connectivity index (χ0) is 17.3. The third-order valence-electron chi connectivity index (χ3n) is 4.01. The molecule has 24 heavy (non-hydrogen) atoms. The summed E-state index contributed by atoms with van der Waals surface area (Å²) >= 11 is 0. The molecule has 0 saturated heterocycles. The Morgan fingerprint density at radius 2 is 1.83 bits per heavy atom. The van der Waals surface area contributed by atoms with Crippen LogP contribution in [0.15, 0.2) is 48.7 Å². The fraction of sp³-hybridized carbons (Fsp3) is 0.211. The number of rotatable bonds is 4. The number of nitrogens with zero attached hydrogens (tertiary/aromatic N) is 3. The van der Waals surface area contributed by atoms with Crippen LogP contribution < -0.4 is 0 Å². The second-order valence-corrected chi connectivity index (χ2v) is 6.10. The average Bonchev–Trinajstić information content (AvgIpc) is 3.03. The van der Waals surface area contributed by atoms with Crippen molar-refractivity contribution in [2.45, 2.75) is 26.7 Å². The number of hydrogen-bond donors (Lipinski definition) is 1. The predicted octanol–water partition coefficient (Wildman–Crippen LogP) is 3.64. The molecule has 0 saturated carbocycles. The maximum absolute atomic E-state index is 12.6. The summed E-state index contributed by atoms with van der Waals surface area (Å²) in [6.45, 7) is 6.08. The zero-order valence-corrected chi connectivity index (χ0v) is 13.9. The van der Waals surface area contributed by atoms with Gasteiger partial charge in [-0.3, -0.25) is 4.79 Å². The van der Waals surface area contributed by atoms with E-state index in [1.165, 1.54) is 10.2 Å². The number of aryl methyl sites for hydroxylation is 1. The molecule has 0 atom stereocenters. The van der Waals surface area contributed by atoms with Gasteiger partial charge in [0.1, 0.15) is 11.4 Å². The molecule has 5 nitrogen and oxygen atoms in total. The first kappa shape index (κ1) is 15.9. The van der Waals surface area contributed by atoms with Gasteiger partial charge in [-0.15, -0.1) is 5.10 Å². The van der Waals surface area contributed by atoms with Gasteiger partial charge in [-0.25, -0.2) is 4.68 Å². The number of carbonyl (C=O) groups excluding carboxylic acids is 1. The molecule has 0 fully saturated rings. The second kappa shape index (κ2) is 6.28. The summed E-state index contributed by atoms with van der Waals surface area (Å²) < 4.78 is 1.43. The highest BCUT2D eigenvalue weighted by atomic mass is 16.3. The van der Waals surface area contributed by atoms with E-state index >= 15 is 0 Å². The summed E-state index contributed by atoms with van der Waals surface area (Å²) in [6.07, 6.45) is 1.54. The standard InChI is InChI=1S/C19H19N3O2/c1-12(2)14-7-9-15(10-8-14)19(24)16-11-22(21-20-16)18-13(3)5-4-6-17(18)23/h4-12,23H,1-3H3. The van der Waals surface area contributed by atoms with Crippen LogP contribution in [0.1, 0.15) is 46.9 Å². The molecular weight excluding hydrogens is 302 g/mol. The van der Waals surface area contributed by atoms with Crippen LogP contribution >= 0.6 is 0 Å². The molecule has 1 N–H and O–H groups in total. The minimum Gasteiger partial charge on any atom is -0.506 e. The normalized spacial score (nSPS) is 11.0. The summed E-state index contributed by atoms with van der Waals surface area (Å²) in [5.74, 6) is 0.323. The van der Waals surface area contributed by atoms with E-state index in [0.29, 0.717) is 17.2 Å². The summed E-state index contributed by atoms with van der Waals surface area (Å²) in [5.41, 5.74) is 3.37. The van der Waals surface area contributed by atoms with Crippen molar-refractivity contribution < 1.29 is 9.90 Å². The van der Waals surface area contributed by atoms with Crippen molar-refractivity contribution in [3.8, 4) is 11.4 Å². The van der Waals surface area contributed by atoms with Gasteiger partial charge < -0.3 is 5.11 Å². The van der Waals surface area contributed by atoms with Crippen molar-refractivity contribution in [3.05, 3.63) is 71.0 Å². The van der Waals surface area contributed by atoms with Crippen molar-refractivity contribution in [1.82, 2.24) is 15.0 Å². The first-order valence-corrected chi connectivity index (χ1v) is 7.83. The second-order valence-electron chi connectivity index (χ2n) is 6.10. The molecule has 0 aliphatic rings. The molecular formula is C19H19N3O2. The van der Waals surface area contributed by atoms with Crippen LogP contribution in [-0.2, 0) is 0 Å². The van der Waals surface area contributed by atoms with E-state index in [2.05, 4.69) is 24.2 Å². The Balaban J connectivity index is 1.91. The van der Waals surface area contributed by atoms with Crippen molar-refractivity contribution in [1.29, 1.82) is 0 Å². The maximum atomic E-state index is 12.6. The van der Waals surface area contributed by atoms with Crippen LogP contribution in [0, 0.1) is 6.92 Å². The van der Waals surface area contributed by atoms with Crippen LogP contribution in [0.4, 0.5) is 0 Å². The van der Waals surface area contributed by atoms with Gasteiger partial charge in [0.05, 0.1) is 6.20 Å². The largest absolute Gasteiger partial charge is 0.506 e. The molecule has 1 aromatic heterocycles. The molecule has 122 valence electrons. The van der Waals surface area contributed by atoms with E-state index < -0.39 is 0 Å². The molecule has 3 rings (SSSR count). The van der Waals surface area contributed by atoms with Crippen LogP contribution in [-0.4, -0.2) is 25.9 Å². The van der Waals surface area contributed by atoms with Crippen molar-refractivity contribution in [3.63, 3.8) is 0 Å². The Kier molecular flexibility index (Phi) is 4.16. The van der Waals surface area contributed by atoms with E-state index in [1.807, 2.05) is 37.3 Å². The molecule has 3 aromatic rings. The van der Waals surface area contributed by atoms with Gasteiger partial charge in [0.25, 0.3) is 0 Å². The molecule has 0 aliphatic carbocycles. The molecule has 5 heteroatoms. The topological polar surface area (TPSA) is 68.0 Å². The van der Waals surface area contributed by atoms with Gasteiger partial charge in [-0.05, 0) is 30.0 Å². The summed E-state index contributed by atoms with van der Waals surface area (Å²) in [5, 5.41) is 18.0. The Hall–Kier alpha value is -2.95. The highest BCUT2D eigenvalue weighted by Gasteiger charge is 2.16. The van der Waals surface area contributed by atoms with Gasteiger partial charge in [0, 0.05) is 5.56 Å². The number of carbonyl (C=O) groups is 1. The predicted molar refractivity (Wildman–Crippen MR) is 91.7 cm³/mol. The number of para-hydroxylation sites is 1. The number of aromatic nitrogens is 3. The van der Waals surface area contributed by atoms with Gasteiger partial charge >= 0.3 is 0 Å². The molecule has 0 unspecified atom stereocenters. The highest BCUT2D eigenvalue weighted by Crippen LogP contribution is 2.24. The van der Waals surface area contributed by atoms with E-state index in [9.17, 15) is 9.90 Å². The fourth-order valence-corrected chi connectivity index (χ4v) is 2.59. The first-order chi connectivity index (χ1) is 11.5. The Labute approximate surface area is 140 Å². The molecule has 0 amide bonds. The van der Waals surface area contributed by atoms with E-state index in [1.54, 1.807) is 18.3 Å². The highest BCUT2D eigenvalue weighted by molar-refractivity contribution is 6.07. The minimum absolute atomic E-state index is 0.0974. The number of phenolic OH excluding ortho intramolecular Hbond substituents is 1. The smallest absolute Gasteiger partial charge is 0.214 e. The lowest BCUT2D eigenvalue weighted by molar-refractivity contribution is 0.103. The molecule has 0 radical (unpaired) electrons. The minimum atomic E-state index is -0.190. The van der Waals surface area contributed by atoms with Gasteiger partial charge in [-0.1, -0.05) is 55.5 Å². The molecule has 2 aromatic carbocycles. The quantitative estimate of drug-likeness (QED) is 0.745. The molecule has 0 spiro atoms. The Morgan fingerprint density at radius 1 is 1.12 bits per heavy atom. The van der Waals surface area contributed by atoms with Gasteiger partial charge in [-0.2, -0.15) is 0 Å². The van der Waals surface area contributed by atoms with Gasteiger partial charge in [0.2, 0.25) is 5.78 Å². The number of hydrogen-bond acceptors (Lipinski definition) is 4.